The van der Waals surface area contributed by atoms with Gasteiger partial charge in [0.05, 0.1) is 17.4 Å². The van der Waals surface area contributed by atoms with Gasteiger partial charge in [-0.05, 0) is 6.07 Å². The monoisotopic (exact) mass is 278 g/mol. The smallest absolute Gasteiger partial charge is 0.280 e. The van der Waals surface area contributed by atoms with Crippen molar-refractivity contribution in [1.82, 2.24) is 10.1 Å². The zero-order valence-corrected chi connectivity index (χ0v) is 10.9. The maximum absolute atomic E-state index is 11.0. The lowest BCUT2D eigenvalue weighted by atomic mass is 10.1. The molecular formula is C12H14N4O4. The van der Waals surface area contributed by atoms with Crippen LogP contribution in [0.2, 0.25) is 0 Å². The van der Waals surface area contributed by atoms with Crippen molar-refractivity contribution in [2.24, 2.45) is 5.73 Å². The summed E-state index contributed by atoms with van der Waals surface area (Å²) in [5.74, 6) is 0.509. The fourth-order valence-electron chi connectivity index (χ4n) is 1.73. The molecule has 0 aliphatic carbocycles. The quantitative estimate of drug-likeness (QED) is 0.622. The van der Waals surface area contributed by atoms with Gasteiger partial charge in [-0.3, -0.25) is 10.1 Å². The van der Waals surface area contributed by atoms with Gasteiger partial charge in [-0.25, -0.2) is 0 Å². The average Bonchev–Trinajstić information content (AvgIpc) is 2.93. The van der Waals surface area contributed by atoms with Gasteiger partial charge in [-0.15, -0.1) is 0 Å². The summed E-state index contributed by atoms with van der Waals surface area (Å²) in [4.78, 5) is 14.6. The number of hydrogen-bond acceptors (Lipinski definition) is 7. The van der Waals surface area contributed by atoms with Crippen LogP contribution in [0.1, 0.15) is 5.89 Å². The molecule has 1 atom stereocenters. The molecular weight excluding hydrogens is 264 g/mol. The SMILES string of the molecule is COC(CN)Cc1nc(-c2ccccc2[N+](=O)[O-])no1. The lowest BCUT2D eigenvalue weighted by Crippen LogP contribution is -2.24. The standard InChI is InChI=1S/C12H14N4O4/c1-19-8(7-13)6-11-14-12(15-20-11)9-4-2-3-5-10(9)16(17)18/h2-5,8H,6-7,13H2,1H3. The van der Waals surface area contributed by atoms with Gasteiger partial charge in [0.2, 0.25) is 11.7 Å². The van der Waals surface area contributed by atoms with E-state index in [9.17, 15) is 10.1 Å². The highest BCUT2D eigenvalue weighted by Crippen LogP contribution is 2.27. The average molecular weight is 278 g/mol. The molecule has 0 aliphatic rings. The Morgan fingerprint density at radius 2 is 2.25 bits per heavy atom. The predicted octanol–water partition coefficient (Wildman–Crippen LogP) is 1.16. The van der Waals surface area contributed by atoms with Crippen molar-refractivity contribution in [3.63, 3.8) is 0 Å². The molecule has 20 heavy (non-hydrogen) atoms. The Morgan fingerprint density at radius 3 is 2.90 bits per heavy atom. The molecule has 2 aromatic rings. The highest BCUT2D eigenvalue weighted by Gasteiger charge is 2.20. The molecule has 0 saturated heterocycles. The number of benzene rings is 1. The van der Waals surface area contributed by atoms with Crippen LogP contribution in [0, 0.1) is 10.1 Å². The van der Waals surface area contributed by atoms with Gasteiger partial charge in [0.15, 0.2) is 0 Å². The lowest BCUT2D eigenvalue weighted by molar-refractivity contribution is -0.384. The molecule has 106 valence electrons. The van der Waals surface area contributed by atoms with Crippen LogP contribution in [0.3, 0.4) is 0 Å². The lowest BCUT2D eigenvalue weighted by Gasteiger charge is -2.08. The first kappa shape index (κ1) is 14.1. The third-order valence-corrected chi connectivity index (χ3v) is 2.81. The summed E-state index contributed by atoms with van der Waals surface area (Å²) in [6.07, 6.45) is 0.134. The molecule has 2 rings (SSSR count). The first-order valence-corrected chi connectivity index (χ1v) is 5.95. The maximum Gasteiger partial charge on any atom is 0.280 e. The van der Waals surface area contributed by atoms with Crippen LogP contribution < -0.4 is 5.73 Å². The van der Waals surface area contributed by atoms with E-state index in [-0.39, 0.29) is 17.6 Å². The first-order chi connectivity index (χ1) is 9.65. The summed E-state index contributed by atoms with van der Waals surface area (Å²) in [7, 11) is 1.54. The highest BCUT2D eigenvalue weighted by atomic mass is 16.6. The molecule has 0 amide bonds. The normalized spacial score (nSPS) is 12.3. The number of aromatic nitrogens is 2. The van der Waals surface area contributed by atoms with E-state index in [0.717, 1.165) is 0 Å². The van der Waals surface area contributed by atoms with Crippen molar-refractivity contribution in [1.29, 1.82) is 0 Å². The number of nitro groups is 1. The molecule has 2 N–H and O–H groups in total. The molecule has 0 spiro atoms. The van der Waals surface area contributed by atoms with Crippen LogP contribution in [0.4, 0.5) is 5.69 Å². The molecule has 0 fully saturated rings. The third-order valence-electron chi connectivity index (χ3n) is 2.81. The van der Waals surface area contributed by atoms with Crippen LogP contribution in [0.5, 0.6) is 0 Å². The number of nitro benzene ring substituents is 1. The number of nitrogens with two attached hydrogens (primary N) is 1. The topological polar surface area (TPSA) is 117 Å². The van der Waals surface area contributed by atoms with Gasteiger partial charge < -0.3 is 15.0 Å². The summed E-state index contributed by atoms with van der Waals surface area (Å²) in [6.45, 7) is 0.319. The molecule has 0 radical (unpaired) electrons. The second-order valence-corrected chi connectivity index (χ2v) is 4.08. The Labute approximate surface area is 114 Å². The molecule has 0 aliphatic heterocycles. The zero-order valence-electron chi connectivity index (χ0n) is 10.9. The van der Waals surface area contributed by atoms with Gasteiger partial charge in [0.25, 0.3) is 5.69 Å². The van der Waals surface area contributed by atoms with E-state index in [0.29, 0.717) is 24.4 Å². The summed E-state index contributed by atoms with van der Waals surface area (Å²) >= 11 is 0. The van der Waals surface area contributed by atoms with Crippen molar-refractivity contribution in [2.45, 2.75) is 12.5 Å². The molecule has 8 nitrogen and oxygen atoms in total. The van der Waals surface area contributed by atoms with Crippen molar-refractivity contribution in [3.05, 3.63) is 40.3 Å². The minimum atomic E-state index is -0.483. The van der Waals surface area contributed by atoms with Gasteiger partial charge in [-0.1, -0.05) is 17.3 Å². The van der Waals surface area contributed by atoms with Crippen LogP contribution in [-0.4, -0.2) is 34.8 Å². The molecule has 1 unspecified atom stereocenters. The third kappa shape index (κ3) is 2.98. The molecule has 1 heterocycles. The van der Waals surface area contributed by atoms with Crippen molar-refractivity contribution < 1.29 is 14.2 Å². The molecule has 8 heteroatoms. The summed E-state index contributed by atoms with van der Waals surface area (Å²) in [6, 6.07) is 6.22. The highest BCUT2D eigenvalue weighted by molar-refractivity contribution is 5.67. The van der Waals surface area contributed by atoms with Crippen LogP contribution >= 0.6 is 0 Å². The Bertz CT molecular complexity index is 595. The number of nitrogens with zero attached hydrogens (tertiary/aromatic N) is 3. The first-order valence-electron chi connectivity index (χ1n) is 5.95. The zero-order chi connectivity index (χ0) is 14.5. The fraction of sp³-hybridized carbons (Fsp3) is 0.333. The second kappa shape index (κ2) is 6.22. The van der Waals surface area contributed by atoms with Crippen LogP contribution in [-0.2, 0) is 11.2 Å². The van der Waals surface area contributed by atoms with E-state index in [2.05, 4.69) is 10.1 Å². The predicted molar refractivity (Wildman–Crippen MR) is 69.9 cm³/mol. The van der Waals surface area contributed by atoms with Crippen LogP contribution in [0.25, 0.3) is 11.4 Å². The largest absolute Gasteiger partial charge is 0.380 e. The Balaban J connectivity index is 2.27. The number of methoxy groups -OCH3 is 1. The fourth-order valence-corrected chi connectivity index (χ4v) is 1.73. The second-order valence-electron chi connectivity index (χ2n) is 4.08. The maximum atomic E-state index is 11.0. The van der Waals surface area contributed by atoms with E-state index in [1.165, 1.54) is 13.2 Å². The summed E-state index contributed by atoms with van der Waals surface area (Å²) in [5.41, 5.74) is 5.76. The summed E-state index contributed by atoms with van der Waals surface area (Å²) in [5, 5.41) is 14.7. The van der Waals surface area contributed by atoms with E-state index in [1.54, 1.807) is 18.2 Å². The number of hydrogen-bond donors (Lipinski definition) is 1. The Kier molecular flexibility index (Phi) is 4.38. The van der Waals surface area contributed by atoms with E-state index < -0.39 is 4.92 Å². The van der Waals surface area contributed by atoms with Gasteiger partial charge in [0.1, 0.15) is 5.56 Å². The van der Waals surface area contributed by atoms with E-state index in [1.807, 2.05) is 0 Å². The number of ether oxygens (including phenoxy) is 1. The number of rotatable bonds is 6. The Morgan fingerprint density at radius 1 is 1.50 bits per heavy atom. The molecule has 1 aromatic heterocycles. The molecule has 0 saturated carbocycles. The van der Waals surface area contributed by atoms with E-state index >= 15 is 0 Å². The number of para-hydroxylation sites is 1. The van der Waals surface area contributed by atoms with Gasteiger partial charge in [-0.2, -0.15) is 4.98 Å². The van der Waals surface area contributed by atoms with Crippen molar-refractivity contribution >= 4 is 5.69 Å². The van der Waals surface area contributed by atoms with Gasteiger partial charge in [0, 0.05) is 19.7 Å². The van der Waals surface area contributed by atoms with Crippen molar-refractivity contribution in [3.8, 4) is 11.4 Å². The minimum absolute atomic E-state index is 0.0676. The van der Waals surface area contributed by atoms with Crippen LogP contribution in [0.15, 0.2) is 28.8 Å². The summed E-state index contributed by atoms with van der Waals surface area (Å²) < 4.78 is 10.2. The van der Waals surface area contributed by atoms with Crippen molar-refractivity contribution in [2.75, 3.05) is 13.7 Å². The van der Waals surface area contributed by atoms with E-state index in [4.69, 9.17) is 15.0 Å². The Hall–Kier alpha value is -2.32. The van der Waals surface area contributed by atoms with Gasteiger partial charge >= 0.3 is 0 Å². The molecule has 0 bridgehead atoms. The minimum Gasteiger partial charge on any atom is -0.380 e. The molecule has 1 aromatic carbocycles.